The van der Waals surface area contributed by atoms with Crippen LogP contribution in [0.5, 0.6) is 5.75 Å². The van der Waals surface area contributed by atoms with Gasteiger partial charge in [-0.25, -0.2) is 0 Å². The normalized spacial score (nSPS) is 20.0. The van der Waals surface area contributed by atoms with Crippen LogP contribution in [0.4, 0.5) is 5.69 Å². The third kappa shape index (κ3) is 4.12. The number of anilines is 1. The van der Waals surface area contributed by atoms with Crippen molar-refractivity contribution in [3.8, 4) is 5.75 Å². The molecule has 1 atom stereocenters. The molecule has 4 nitrogen and oxygen atoms in total. The minimum atomic E-state index is 0.366. The summed E-state index contributed by atoms with van der Waals surface area (Å²) in [5.74, 6) is 0.945. The largest absolute Gasteiger partial charge is 0.494 e. The summed E-state index contributed by atoms with van der Waals surface area (Å²) in [6, 6.07) is 5.89. The van der Waals surface area contributed by atoms with Gasteiger partial charge in [0, 0.05) is 30.9 Å². The molecule has 0 spiro atoms. The molecule has 0 aliphatic carbocycles. The molecule has 1 unspecified atom stereocenters. The van der Waals surface area contributed by atoms with E-state index < -0.39 is 0 Å². The van der Waals surface area contributed by atoms with Crippen LogP contribution < -0.4 is 10.5 Å². The van der Waals surface area contributed by atoms with Crippen molar-refractivity contribution in [2.45, 2.75) is 39.3 Å². The van der Waals surface area contributed by atoms with Crippen molar-refractivity contribution < 1.29 is 9.47 Å². The highest BCUT2D eigenvalue weighted by molar-refractivity contribution is 5.47. The number of nitrogen functional groups attached to an aromatic ring is 1. The minimum Gasteiger partial charge on any atom is -0.494 e. The summed E-state index contributed by atoms with van der Waals surface area (Å²) in [4.78, 5) is 2.43. The summed E-state index contributed by atoms with van der Waals surface area (Å²) >= 11 is 0. The third-order valence-electron chi connectivity index (χ3n) is 3.64. The van der Waals surface area contributed by atoms with Gasteiger partial charge in [0.2, 0.25) is 0 Å². The molecule has 1 saturated heterocycles. The number of rotatable bonds is 6. The zero-order valence-electron chi connectivity index (χ0n) is 12.6. The molecule has 1 fully saturated rings. The van der Waals surface area contributed by atoms with Gasteiger partial charge in [-0.15, -0.1) is 0 Å². The number of nitrogens with zero attached hydrogens (tertiary/aromatic N) is 1. The number of likely N-dealkylation sites (tertiary alicyclic amines) is 1. The predicted molar refractivity (Wildman–Crippen MR) is 81.9 cm³/mol. The van der Waals surface area contributed by atoms with Crippen LogP contribution >= 0.6 is 0 Å². The van der Waals surface area contributed by atoms with Gasteiger partial charge in [-0.1, -0.05) is 0 Å². The highest BCUT2D eigenvalue weighted by Gasteiger charge is 2.21. The monoisotopic (exact) mass is 278 g/mol. The lowest BCUT2D eigenvalue weighted by molar-refractivity contribution is 0.00343. The van der Waals surface area contributed by atoms with Crippen LogP contribution in [0, 0.1) is 0 Å². The zero-order chi connectivity index (χ0) is 14.4. The number of hydrogen-bond acceptors (Lipinski definition) is 4. The molecule has 0 aromatic heterocycles. The second-order valence-electron chi connectivity index (χ2n) is 5.25. The molecule has 0 bridgehead atoms. The zero-order valence-corrected chi connectivity index (χ0v) is 12.6. The first-order chi connectivity index (χ1) is 9.72. The number of hydrogen-bond donors (Lipinski definition) is 1. The average Bonchev–Trinajstić information content (AvgIpc) is 2.43. The lowest BCUT2D eigenvalue weighted by Gasteiger charge is -2.32. The Kier molecular flexibility index (Phi) is 5.68. The first kappa shape index (κ1) is 15.1. The van der Waals surface area contributed by atoms with E-state index in [2.05, 4.69) is 11.8 Å². The van der Waals surface area contributed by atoms with Crippen molar-refractivity contribution in [2.24, 2.45) is 0 Å². The van der Waals surface area contributed by atoms with Crippen LogP contribution in [-0.2, 0) is 11.3 Å². The van der Waals surface area contributed by atoms with E-state index in [9.17, 15) is 0 Å². The molecule has 1 aliphatic heterocycles. The molecule has 1 aromatic rings. The van der Waals surface area contributed by atoms with E-state index in [1.807, 2.05) is 25.1 Å². The number of piperidine rings is 1. The fourth-order valence-corrected chi connectivity index (χ4v) is 2.79. The van der Waals surface area contributed by atoms with Gasteiger partial charge >= 0.3 is 0 Å². The van der Waals surface area contributed by atoms with E-state index in [-0.39, 0.29) is 0 Å². The van der Waals surface area contributed by atoms with Gasteiger partial charge in [-0.05, 0) is 51.4 Å². The Morgan fingerprint density at radius 3 is 2.90 bits per heavy atom. The molecule has 20 heavy (non-hydrogen) atoms. The van der Waals surface area contributed by atoms with Crippen LogP contribution in [0.25, 0.3) is 0 Å². The molecule has 1 heterocycles. The quantitative estimate of drug-likeness (QED) is 0.813. The summed E-state index contributed by atoms with van der Waals surface area (Å²) in [6.45, 7) is 8.53. The second kappa shape index (κ2) is 7.50. The Balaban J connectivity index is 2.02. The molecule has 112 valence electrons. The highest BCUT2D eigenvalue weighted by atomic mass is 16.5. The average molecular weight is 278 g/mol. The van der Waals surface area contributed by atoms with E-state index in [0.29, 0.717) is 12.7 Å². The van der Waals surface area contributed by atoms with E-state index in [1.54, 1.807) is 0 Å². The van der Waals surface area contributed by atoms with Crippen LogP contribution in [-0.4, -0.2) is 37.3 Å². The van der Waals surface area contributed by atoms with Crippen LogP contribution in [0.3, 0.4) is 0 Å². The molecule has 2 N–H and O–H groups in total. The Hall–Kier alpha value is -1.26. The highest BCUT2D eigenvalue weighted by Crippen LogP contribution is 2.25. The first-order valence-electron chi connectivity index (χ1n) is 7.58. The van der Waals surface area contributed by atoms with Crippen molar-refractivity contribution >= 4 is 5.69 Å². The summed E-state index contributed by atoms with van der Waals surface area (Å²) in [6.07, 6.45) is 2.72. The fraction of sp³-hybridized carbons (Fsp3) is 0.625. The van der Waals surface area contributed by atoms with Gasteiger partial charge in [-0.3, -0.25) is 4.90 Å². The third-order valence-corrected chi connectivity index (χ3v) is 3.64. The van der Waals surface area contributed by atoms with E-state index in [4.69, 9.17) is 15.2 Å². The number of nitrogens with two attached hydrogens (primary N) is 1. The lowest BCUT2D eigenvalue weighted by atomic mass is 10.1. The smallest absolute Gasteiger partial charge is 0.123 e. The molecule has 4 heteroatoms. The Labute approximate surface area is 121 Å². The van der Waals surface area contributed by atoms with Crippen molar-refractivity contribution in [3.63, 3.8) is 0 Å². The Morgan fingerprint density at radius 1 is 1.30 bits per heavy atom. The van der Waals surface area contributed by atoms with Crippen molar-refractivity contribution in [3.05, 3.63) is 23.8 Å². The van der Waals surface area contributed by atoms with Gasteiger partial charge in [0.05, 0.1) is 12.7 Å². The topological polar surface area (TPSA) is 47.7 Å². The van der Waals surface area contributed by atoms with E-state index >= 15 is 0 Å². The van der Waals surface area contributed by atoms with Crippen molar-refractivity contribution in [2.75, 3.05) is 32.0 Å². The molecular formula is C16H26N2O2. The molecule has 0 amide bonds. The number of ether oxygens (including phenoxy) is 2. The summed E-state index contributed by atoms with van der Waals surface area (Å²) < 4.78 is 11.4. The Bertz CT molecular complexity index is 421. The Morgan fingerprint density at radius 2 is 2.15 bits per heavy atom. The molecular weight excluding hydrogens is 252 g/mol. The molecule has 1 aromatic carbocycles. The predicted octanol–water partition coefficient (Wildman–Crippen LogP) is 2.67. The SMILES string of the molecule is CCOc1ccc(N)cc1CN1CCCC(OCC)C1. The molecule has 0 radical (unpaired) electrons. The maximum atomic E-state index is 5.90. The number of benzene rings is 1. The molecule has 0 saturated carbocycles. The standard InChI is InChI=1S/C16H26N2O2/c1-3-19-15-6-5-9-18(12-15)11-13-10-14(17)7-8-16(13)20-4-2/h7-8,10,15H,3-6,9,11-12,17H2,1-2H3. The van der Waals surface area contributed by atoms with Crippen LogP contribution in [0.1, 0.15) is 32.3 Å². The fourth-order valence-electron chi connectivity index (χ4n) is 2.79. The second-order valence-corrected chi connectivity index (χ2v) is 5.25. The minimum absolute atomic E-state index is 0.366. The van der Waals surface area contributed by atoms with Crippen LogP contribution in [0.2, 0.25) is 0 Å². The van der Waals surface area contributed by atoms with Gasteiger partial charge in [0.25, 0.3) is 0 Å². The van der Waals surface area contributed by atoms with Crippen LogP contribution in [0.15, 0.2) is 18.2 Å². The van der Waals surface area contributed by atoms with Gasteiger partial charge in [0.15, 0.2) is 0 Å². The van der Waals surface area contributed by atoms with Crippen molar-refractivity contribution in [1.82, 2.24) is 4.90 Å². The van der Waals surface area contributed by atoms with E-state index in [1.165, 1.54) is 18.4 Å². The summed E-state index contributed by atoms with van der Waals surface area (Å²) in [7, 11) is 0. The van der Waals surface area contributed by atoms with Crippen molar-refractivity contribution in [1.29, 1.82) is 0 Å². The van der Waals surface area contributed by atoms with E-state index in [0.717, 1.165) is 37.7 Å². The van der Waals surface area contributed by atoms with Gasteiger partial charge in [0.1, 0.15) is 5.75 Å². The summed E-state index contributed by atoms with van der Waals surface area (Å²) in [5, 5.41) is 0. The molecule has 1 aliphatic rings. The lowest BCUT2D eigenvalue weighted by Crippen LogP contribution is -2.39. The maximum absolute atomic E-state index is 5.90. The van der Waals surface area contributed by atoms with Gasteiger partial charge in [-0.2, -0.15) is 0 Å². The van der Waals surface area contributed by atoms with Gasteiger partial charge < -0.3 is 15.2 Å². The first-order valence-corrected chi connectivity index (χ1v) is 7.58. The molecule has 2 rings (SSSR count). The maximum Gasteiger partial charge on any atom is 0.123 e. The summed E-state index contributed by atoms with van der Waals surface area (Å²) in [5.41, 5.74) is 7.87.